The number of nitrogens with zero attached hydrogens (tertiary/aromatic N) is 2. The minimum Gasteiger partial charge on any atom is -0.320 e. The molecule has 0 saturated carbocycles. The summed E-state index contributed by atoms with van der Waals surface area (Å²) in [6.45, 7) is 8.13. The highest BCUT2D eigenvalue weighted by molar-refractivity contribution is 6.03. The summed E-state index contributed by atoms with van der Waals surface area (Å²) in [6, 6.07) is 7.63. The molecule has 104 valence electrons. The summed E-state index contributed by atoms with van der Waals surface area (Å²) in [5, 5.41) is 2.84. The van der Waals surface area contributed by atoms with Gasteiger partial charge in [-0.15, -0.1) is 0 Å². The summed E-state index contributed by atoms with van der Waals surface area (Å²) in [5.41, 5.74) is 2.92. The predicted octanol–water partition coefficient (Wildman–Crippen LogP) is 3.33. The van der Waals surface area contributed by atoms with E-state index in [1.807, 2.05) is 31.2 Å². The molecular weight excluding hydrogens is 250 g/mol. The first-order valence-corrected chi connectivity index (χ1v) is 6.57. The number of anilines is 1. The number of hydrogen-bond donors (Lipinski definition) is 1. The van der Waals surface area contributed by atoms with Crippen molar-refractivity contribution in [1.82, 2.24) is 9.97 Å². The molecule has 0 aliphatic rings. The average molecular weight is 269 g/mol. The normalized spacial score (nSPS) is 11.2. The first-order valence-electron chi connectivity index (χ1n) is 6.57. The molecule has 1 aromatic heterocycles. The molecule has 0 fully saturated rings. The third kappa shape index (κ3) is 3.20. The van der Waals surface area contributed by atoms with Crippen molar-refractivity contribution in [3.63, 3.8) is 0 Å². The second kappa shape index (κ2) is 5.41. The van der Waals surface area contributed by atoms with E-state index in [0.29, 0.717) is 5.69 Å². The largest absolute Gasteiger partial charge is 0.320 e. The first-order chi connectivity index (χ1) is 9.38. The van der Waals surface area contributed by atoms with Gasteiger partial charge in [-0.2, -0.15) is 0 Å². The van der Waals surface area contributed by atoms with Gasteiger partial charge in [-0.1, -0.05) is 39.0 Å². The fraction of sp³-hybridized carbons (Fsp3) is 0.312. The number of rotatable bonds is 2. The zero-order valence-electron chi connectivity index (χ0n) is 12.3. The minimum absolute atomic E-state index is 0.0714. The van der Waals surface area contributed by atoms with Crippen molar-refractivity contribution in [2.24, 2.45) is 0 Å². The Morgan fingerprint density at radius 1 is 1.10 bits per heavy atom. The molecule has 2 rings (SSSR count). The molecule has 0 saturated heterocycles. The highest BCUT2D eigenvalue weighted by Crippen LogP contribution is 2.19. The molecule has 0 radical (unpaired) electrons. The van der Waals surface area contributed by atoms with E-state index in [0.717, 1.165) is 16.9 Å². The van der Waals surface area contributed by atoms with Gasteiger partial charge >= 0.3 is 0 Å². The Kier molecular flexibility index (Phi) is 3.84. The number of carbonyl (C=O) groups is 1. The van der Waals surface area contributed by atoms with E-state index in [1.54, 1.807) is 6.20 Å². The molecule has 0 aliphatic heterocycles. The molecule has 4 heteroatoms. The molecule has 1 aromatic carbocycles. The summed E-state index contributed by atoms with van der Waals surface area (Å²) in [5.74, 6) is -0.243. The molecular formula is C16H19N3O. The maximum atomic E-state index is 12.1. The summed E-state index contributed by atoms with van der Waals surface area (Å²) < 4.78 is 0. The van der Waals surface area contributed by atoms with Crippen LogP contribution in [0.25, 0.3) is 0 Å². The van der Waals surface area contributed by atoms with Crippen LogP contribution in [-0.2, 0) is 5.41 Å². The second-order valence-corrected chi connectivity index (χ2v) is 5.81. The lowest BCUT2D eigenvalue weighted by molar-refractivity contribution is 0.102. The molecule has 0 unspecified atom stereocenters. The van der Waals surface area contributed by atoms with Gasteiger partial charge in [-0.05, 0) is 18.6 Å². The fourth-order valence-electron chi connectivity index (χ4n) is 1.73. The molecule has 2 aromatic rings. The third-order valence-electron chi connectivity index (χ3n) is 3.05. The van der Waals surface area contributed by atoms with Crippen LogP contribution in [0.5, 0.6) is 0 Å². The topological polar surface area (TPSA) is 54.9 Å². The van der Waals surface area contributed by atoms with Gasteiger partial charge in [0.25, 0.3) is 5.91 Å². The molecule has 0 bridgehead atoms. The summed E-state index contributed by atoms with van der Waals surface area (Å²) in [4.78, 5) is 20.6. The molecule has 4 nitrogen and oxygen atoms in total. The van der Waals surface area contributed by atoms with Crippen LogP contribution in [-0.4, -0.2) is 15.9 Å². The van der Waals surface area contributed by atoms with E-state index in [4.69, 9.17) is 0 Å². The Morgan fingerprint density at radius 3 is 2.35 bits per heavy atom. The van der Waals surface area contributed by atoms with Crippen molar-refractivity contribution in [1.29, 1.82) is 0 Å². The standard InChI is InChI=1S/C16H19N3O/c1-11-7-5-6-8-12(11)19-15(20)13-9-18-14(10-17-13)16(2,3)4/h5-10H,1-4H3,(H,19,20). The quantitative estimate of drug-likeness (QED) is 0.909. The highest BCUT2D eigenvalue weighted by Gasteiger charge is 2.17. The summed E-state index contributed by atoms with van der Waals surface area (Å²) in [7, 11) is 0. The van der Waals surface area contributed by atoms with Gasteiger partial charge in [-0.25, -0.2) is 4.98 Å². The van der Waals surface area contributed by atoms with E-state index in [9.17, 15) is 4.79 Å². The van der Waals surface area contributed by atoms with Crippen LogP contribution in [0.1, 0.15) is 42.5 Å². The van der Waals surface area contributed by atoms with Gasteiger partial charge in [0.1, 0.15) is 5.69 Å². The number of hydrogen-bond acceptors (Lipinski definition) is 3. The monoisotopic (exact) mass is 269 g/mol. The number of nitrogens with one attached hydrogen (secondary N) is 1. The van der Waals surface area contributed by atoms with E-state index >= 15 is 0 Å². The van der Waals surface area contributed by atoms with Crippen molar-refractivity contribution in [2.75, 3.05) is 5.32 Å². The van der Waals surface area contributed by atoms with Gasteiger partial charge in [0, 0.05) is 17.3 Å². The van der Waals surface area contributed by atoms with E-state index in [2.05, 4.69) is 36.1 Å². The molecule has 1 amide bonds. The summed E-state index contributed by atoms with van der Waals surface area (Å²) >= 11 is 0. The number of benzene rings is 1. The molecule has 20 heavy (non-hydrogen) atoms. The lowest BCUT2D eigenvalue weighted by Crippen LogP contribution is -2.18. The maximum absolute atomic E-state index is 12.1. The highest BCUT2D eigenvalue weighted by atomic mass is 16.1. The zero-order valence-corrected chi connectivity index (χ0v) is 12.3. The van der Waals surface area contributed by atoms with Gasteiger partial charge < -0.3 is 5.32 Å². The van der Waals surface area contributed by atoms with E-state index in [-0.39, 0.29) is 11.3 Å². The van der Waals surface area contributed by atoms with Crippen LogP contribution >= 0.6 is 0 Å². The van der Waals surface area contributed by atoms with Crippen molar-refractivity contribution >= 4 is 11.6 Å². The van der Waals surface area contributed by atoms with Crippen LogP contribution in [0.15, 0.2) is 36.7 Å². The van der Waals surface area contributed by atoms with Crippen LogP contribution in [0.3, 0.4) is 0 Å². The van der Waals surface area contributed by atoms with Gasteiger partial charge in [0.05, 0.1) is 11.9 Å². The van der Waals surface area contributed by atoms with Gasteiger partial charge in [-0.3, -0.25) is 9.78 Å². The van der Waals surface area contributed by atoms with E-state index < -0.39 is 0 Å². The van der Waals surface area contributed by atoms with Crippen molar-refractivity contribution in [2.45, 2.75) is 33.1 Å². The van der Waals surface area contributed by atoms with Crippen LogP contribution in [0, 0.1) is 6.92 Å². The molecule has 0 aliphatic carbocycles. The fourth-order valence-corrected chi connectivity index (χ4v) is 1.73. The smallest absolute Gasteiger partial charge is 0.275 e. The van der Waals surface area contributed by atoms with Crippen LogP contribution in [0.2, 0.25) is 0 Å². The van der Waals surface area contributed by atoms with Crippen molar-refractivity contribution in [3.8, 4) is 0 Å². The van der Waals surface area contributed by atoms with Crippen molar-refractivity contribution in [3.05, 3.63) is 53.6 Å². The number of para-hydroxylation sites is 1. The van der Waals surface area contributed by atoms with Crippen LogP contribution < -0.4 is 5.32 Å². The molecule has 1 N–H and O–H groups in total. The lowest BCUT2D eigenvalue weighted by Gasteiger charge is -2.16. The van der Waals surface area contributed by atoms with Crippen molar-refractivity contribution < 1.29 is 4.79 Å². The van der Waals surface area contributed by atoms with E-state index in [1.165, 1.54) is 6.20 Å². The Bertz CT molecular complexity index is 612. The predicted molar refractivity (Wildman–Crippen MR) is 79.9 cm³/mol. The maximum Gasteiger partial charge on any atom is 0.275 e. The Labute approximate surface area is 119 Å². The Morgan fingerprint density at radius 2 is 1.80 bits per heavy atom. The number of aryl methyl sites for hydroxylation is 1. The molecule has 1 heterocycles. The van der Waals surface area contributed by atoms with Crippen LogP contribution in [0.4, 0.5) is 5.69 Å². The zero-order chi connectivity index (χ0) is 14.8. The average Bonchev–Trinajstić information content (AvgIpc) is 2.40. The first kappa shape index (κ1) is 14.2. The second-order valence-electron chi connectivity index (χ2n) is 5.81. The Balaban J connectivity index is 2.16. The third-order valence-corrected chi connectivity index (χ3v) is 3.05. The molecule has 0 spiro atoms. The Hall–Kier alpha value is -2.23. The number of carbonyl (C=O) groups excluding carboxylic acids is 1. The van der Waals surface area contributed by atoms with Gasteiger partial charge in [0.2, 0.25) is 0 Å². The molecule has 0 atom stereocenters. The van der Waals surface area contributed by atoms with Gasteiger partial charge in [0.15, 0.2) is 0 Å². The lowest BCUT2D eigenvalue weighted by atomic mass is 9.93. The summed E-state index contributed by atoms with van der Waals surface area (Å²) in [6.07, 6.45) is 3.18. The number of amides is 1. The SMILES string of the molecule is Cc1ccccc1NC(=O)c1cnc(C(C)(C)C)cn1. The number of aromatic nitrogens is 2. The minimum atomic E-state index is -0.243.